The van der Waals surface area contributed by atoms with Gasteiger partial charge < -0.3 is 0 Å². The molecular weight excluding hydrogens is 112 g/mol. The van der Waals surface area contributed by atoms with Crippen molar-refractivity contribution < 1.29 is 17.4 Å². The number of allylic oxidation sites excluding steroid dienone is 2. The van der Waals surface area contributed by atoms with Crippen molar-refractivity contribution in [3.8, 4) is 0 Å². The van der Waals surface area contributed by atoms with Gasteiger partial charge in [0.2, 0.25) is 0 Å². The largest absolute Gasteiger partial charge is 0.0988 e. The minimum absolute atomic E-state index is 0. The van der Waals surface area contributed by atoms with Crippen molar-refractivity contribution in [2.24, 2.45) is 0 Å². The molecule has 0 saturated heterocycles. The zero-order valence-corrected chi connectivity index (χ0v) is 5.17. The van der Waals surface area contributed by atoms with E-state index in [0.29, 0.717) is 0 Å². The first-order valence-electron chi connectivity index (χ1n) is 1.55. The van der Waals surface area contributed by atoms with Crippen molar-refractivity contribution in [3.63, 3.8) is 0 Å². The Morgan fingerprint density at radius 1 is 1.67 bits per heavy atom. The van der Waals surface area contributed by atoms with Gasteiger partial charge in [-0.3, -0.25) is 0 Å². The molecular formula is C5H8Cr. The van der Waals surface area contributed by atoms with Crippen LogP contribution in [0.5, 0.6) is 0 Å². The molecule has 0 amide bonds. The van der Waals surface area contributed by atoms with Gasteiger partial charge in [0, 0.05) is 17.4 Å². The third-order valence-electron chi connectivity index (χ3n) is 0.348. The number of hydrogen-bond donors (Lipinski definition) is 0. The minimum Gasteiger partial charge on any atom is -0.0988 e. The summed E-state index contributed by atoms with van der Waals surface area (Å²) in [4.78, 5) is 0. The maximum atomic E-state index is 3.56. The zero-order valence-electron chi connectivity index (χ0n) is 3.90. The van der Waals surface area contributed by atoms with Gasteiger partial charge in [0.1, 0.15) is 0 Å². The van der Waals surface area contributed by atoms with Crippen LogP contribution in [0, 0.1) is 0 Å². The third-order valence-corrected chi connectivity index (χ3v) is 0.348. The normalized spacial score (nSPS) is 5.50. The van der Waals surface area contributed by atoms with E-state index in [4.69, 9.17) is 0 Å². The number of hydrogen-bond acceptors (Lipinski definition) is 0. The molecule has 0 aliphatic carbocycles. The summed E-state index contributed by atoms with van der Waals surface area (Å²) in [6, 6.07) is 0. The fourth-order valence-electron chi connectivity index (χ4n) is 0. The number of rotatable bonds is 1. The van der Waals surface area contributed by atoms with Crippen molar-refractivity contribution in [1.82, 2.24) is 0 Å². The van der Waals surface area contributed by atoms with Crippen molar-refractivity contribution in [2.75, 3.05) is 0 Å². The molecule has 0 aromatic carbocycles. The van der Waals surface area contributed by atoms with E-state index < -0.39 is 0 Å². The molecule has 0 saturated carbocycles. The molecule has 0 N–H and O–H groups in total. The molecule has 0 radical (unpaired) electrons. The molecule has 0 rings (SSSR count). The second-order valence-electron chi connectivity index (χ2n) is 1.05. The van der Waals surface area contributed by atoms with Crippen LogP contribution in [-0.4, -0.2) is 0 Å². The Balaban J connectivity index is 0. The summed E-state index contributed by atoms with van der Waals surface area (Å²) >= 11 is 0. The Labute approximate surface area is 49.7 Å². The summed E-state index contributed by atoms with van der Waals surface area (Å²) < 4.78 is 0. The van der Waals surface area contributed by atoms with Crippen LogP contribution in [0.4, 0.5) is 0 Å². The van der Waals surface area contributed by atoms with Gasteiger partial charge in [0.15, 0.2) is 0 Å². The van der Waals surface area contributed by atoms with Gasteiger partial charge in [-0.05, 0) is 6.92 Å². The van der Waals surface area contributed by atoms with Crippen LogP contribution >= 0.6 is 0 Å². The van der Waals surface area contributed by atoms with Gasteiger partial charge in [-0.2, -0.15) is 0 Å². The van der Waals surface area contributed by atoms with Gasteiger partial charge in [0.25, 0.3) is 0 Å². The molecule has 0 aromatic rings. The van der Waals surface area contributed by atoms with E-state index in [-0.39, 0.29) is 17.4 Å². The molecule has 0 atom stereocenters. The predicted molar refractivity (Wildman–Crippen MR) is 25.0 cm³/mol. The standard InChI is InChI=1S/C5H8.Cr/c1-4-5(2)3;/h4H,1-2H2,3H3;. The van der Waals surface area contributed by atoms with Gasteiger partial charge in [-0.25, -0.2) is 0 Å². The van der Waals surface area contributed by atoms with E-state index in [2.05, 4.69) is 13.2 Å². The van der Waals surface area contributed by atoms with Crippen LogP contribution in [0.2, 0.25) is 0 Å². The van der Waals surface area contributed by atoms with Crippen LogP contribution in [0.3, 0.4) is 0 Å². The molecule has 0 spiro atoms. The smallest absolute Gasteiger partial charge is 0 e. The fourth-order valence-corrected chi connectivity index (χ4v) is 0. The Morgan fingerprint density at radius 3 is 1.83 bits per heavy atom. The molecule has 34 valence electrons. The molecule has 0 aromatic heterocycles. The van der Waals surface area contributed by atoms with E-state index in [9.17, 15) is 0 Å². The Hall–Kier alpha value is 0.0125. The van der Waals surface area contributed by atoms with Crippen molar-refractivity contribution in [2.45, 2.75) is 6.92 Å². The molecule has 0 heterocycles. The van der Waals surface area contributed by atoms with Crippen LogP contribution in [-0.2, 0) is 17.4 Å². The summed E-state index contributed by atoms with van der Waals surface area (Å²) in [6.45, 7) is 8.93. The molecule has 0 nitrogen and oxygen atoms in total. The van der Waals surface area contributed by atoms with Crippen molar-refractivity contribution in [3.05, 3.63) is 24.8 Å². The Kier molecular flexibility index (Phi) is 7.84. The summed E-state index contributed by atoms with van der Waals surface area (Å²) in [5.41, 5.74) is 1.02. The van der Waals surface area contributed by atoms with E-state index in [1.54, 1.807) is 6.08 Å². The van der Waals surface area contributed by atoms with E-state index in [0.717, 1.165) is 5.57 Å². The fraction of sp³-hybridized carbons (Fsp3) is 0.200. The summed E-state index contributed by atoms with van der Waals surface area (Å²) in [7, 11) is 0. The van der Waals surface area contributed by atoms with E-state index in [1.165, 1.54) is 0 Å². The third kappa shape index (κ3) is 8.99. The van der Waals surface area contributed by atoms with Crippen molar-refractivity contribution in [1.29, 1.82) is 0 Å². The molecule has 0 aliphatic rings. The first-order chi connectivity index (χ1) is 2.27. The average molecular weight is 120 g/mol. The zero-order chi connectivity index (χ0) is 4.28. The van der Waals surface area contributed by atoms with E-state index >= 15 is 0 Å². The van der Waals surface area contributed by atoms with Crippen LogP contribution in [0.15, 0.2) is 24.8 Å². The van der Waals surface area contributed by atoms with Gasteiger partial charge in [-0.1, -0.05) is 24.8 Å². The monoisotopic (exact) mass is 120 g/mol. The molecule has 0 aliphatic heterocycles. The Bertz CT molecular complexity index is 55.0. The quantitative estimate of drug-likeness (QED) is 0.462. The second kappa shape index (κ2) is 5.01. The molecule has 1 heteroatoms. The second-order valence-corrected chi connectivity index (χ2v) is 1.05. The average Bonchev–Trinajstić information content (AvgIpc) is 1.38. The first-order valence-corrected chi connectivity index (χ1v) is 1.55. The molecule has 0 bridgehead atoms. The summed E-state index contributed by atoms with van der Waals surface area (Å²) in [6.07, 6.45) is 1.72. The van der Waals surface area contributed by atoms with Gasteiger partial charge in [0.05, 0.1) is 0 Å². The maximum Gasteiger partial charge on any atom is 0 e. The van der Waals surface area contributed by atoms with Crippen LogP contribution in [0.1, 0.15) is 6.92 Å². The first kappa shape index (κ1) is 9.38. The SMILES string of the molecule is C=CC(=C)C.[Cr]. The predicted octanol–water partition coefficient (Wildman–Crippen LogP) is 1.75. The van der Waals surface area contributed by atoms with Gasteiger partial charge in [-0.15, -0.1) is 0 Å². The van der Waals surface area contributed by atoms with Gasteiger partial charge >= 0.3 is 0 Å². The topological polar surface area (TPSA) is 0 Å². The Morgan fingerprint density at radius 2 is 1.83 bits per heavy atom. The van der Waals surface area contributed by atoms with Crippen LogP contribution in [0.25, 0.3) is 0 Å². The molecule has 0 unspecified atom stereocenters. The van der Waals surface area contributed by atoms with Crippen molar-refractivity contribution >= 4 is 0 Å². The van der Waals surface area contributed by atoms with E-state index in [1.807, 2.05) is 6.92 Å². The molecule has 6 heavy (non-hydrogen) atoms. The minimum atomic E-state index is 0. The molecule has 0 fully saturated rings. The summed E-state index contributed by atoms with van der Waals surface area (Å²) in [5.74, 6) is 0. The summed E-state index contributed by atoms with van der Waals surface area (Å²) in [5, 5.41) is 0. The maximum absolute atomic E-state index is 3.56. The van der Waals surface area contributed by atoms with Crippen LogP contribution < -0.4 is 0 Å².